The molecule has 9 nitrogen and oxygen atoms in total. The molecule has 0 aromatic carbocycles. The van der Waals surface area contributed by atoms with Crippen molar-refractivity contribution in [2.24, 2.45) is 11.5 Å². The Morgan fingerprint density at radius 2 is 0.967 bits per heavy atom. The number of unbranched alkanes of at least 4 members (excludes halogenated alkanes) is 8. The van der Waals surface area contributed by atoms with Crippen molar-refractivity contribution >= 4 is 53.2 Å². The van der Waals surface area contributed by atoms with Gasteiger partial charge < -0.3 is 26.8 Å². The maximum absolute atomic E-state index is 11.4. The summed E-state index contributed by atoms with van der Waals surface area (Å²) in [6.45, 7) is 5.76. The number of nitrogens with two attached hydrogens (primary N) is 2. The molecule has 0 aromatic rings. The van der Waals surface area contributed by atoms with Crippen molar-refractivity contribution in [2.75, 3.05) is 6.54 Å². The molecule has 0 spiro atoms. The van der Waals surface area contributed by atoms with Gasteiger partial charge in [-0.3, -0.25) is 19.2 Å². The Morgan fingerprint density at radius 1 is 0.700 bits per heavy atom. The Kier molecular flexibility index (Phi) is 43.0. The molecular weight excluding hydrogens is 403 g/mol. The molecule has 0 radical (unpaired) electrons. The normalized spacial score (nSPS) is 9.67. The number of hydrogen-bond donors (Lipinski definition) is 5. The third-order valence-electron chi connectivity index (χ3n) is 3.19. The van der Waals surface area contributed by atoms with Gasteiger partial charge in [-0.1, -0.05) is 58.3 Å². The summed E-state index contributed by atoms with van der Waals surface area (Å²) >= 11 is 0. The van der Waals surface area contributed by atoms with E-state index in [0.29, 0.717) is 6.42 Å². The molecule has 1 atom stereocenters. The van der Waals surface area contributed by atoms with Crippen LogP contribution in [0.1, 0.15) is 91.9 Å². The molecular formula is C20H43N2NaO7. The fraction of sp³-hybridized carbons (Fsp3) is 0.800. The first-order valence-corrected chi connectivity index (χ1v) is 9.99. The molecule has 0 aliphatic heterocycles. The zero-order valence-corrected chi connectivity index (χ0v) is 18.5. The van der Waals surface area contributed by atoms with Gasteiger partial charge in [0.05, 0.1) is 6.04 Å². The number of carboxylic acid groups (broad SMARTS) is 3. The number of ketones is 1. The first-order chi connectivity index (χ1) is 13.4. The van der Waals surface area contributed by atoms with Gasteiger partial charge >= 0.3 is 29.6 Å². The van der Waals surface area contributed by atoms with Gasteiger partial charge in [-0.15, -0.1) is 0 Å². The second kappa shape index (κ2) is 32.7. The number of hydrogen-bond acceptors (Lipinski definition) is 6. The summed E-state index contributed by atoms with van der Waals surface area (Å²) in [5.41, 5.74) is 10.9. The van der Waals surface area contributed by atoms with Crippen molar-refractivity contribution < 1.29 is 34.5 Å². The molecule has 7 N–H and O–H groups in total. The standard InChI is InChI=1S/C14H30N2O.3C2H4O2.Na.H/c1-2-3-4-5-6-7-8-9-10-11-14(17)13(16)12-15;3*1-2(3)4;;/h13H,2-12,15-16H2,1H3;3*1H3,(H,3,4);;. The summed E-state index contributed by atoms with van der Waals surface area (Å²) in [5, 5.41) is 22.2. The summed E-state index contributed by atoms with van der Waals surface area (Å²) in [7, 11) is 0. The molecule has 176 valence electrons. The Labute approximate surface area is 203 Å². The summed E-state index contributed by atoms with van der Waals surface area (Å²) in [6.07, 6.45) is 12.0. The minimum atomic E-state index is -0.833. The third kappa shape index (κ3) is 71.3. The van der Waals surface area contributed by atoms with Crippen molar-refractivity contribution in [2.45, 2.75) is 97.9 Å². The van der Waals surface area contributed by atoms with E-state index < -0.39 is 23.9 Å². The molecule has 10 heteroatoms. The van der Waals surface area contributed by atoms with Gasteiger partial charge in [0.2, 0.25) is 0 Å². The van der Waals surface area contributed by atoms with Crippen molar-refractivity contribution in [3.63, 3.8) is 0 Å². The maximum atomic E-state index is 11.4. The van der Waals surface area contributed by atoms with Gasteiger partial charge in [-0.05, 0) is 6.42 Å². The van der Waals surface area contributed by atoms with E-state index >= 15 is 0 Å². The predicted molar refractivity (Wildman–Crippen MR) is 121 cm³/mol. The summed E-state index contributed by atoms with van der Waals surface area (Å²) in [6, 6.07) is -0.441. The van der Waals surface area contributed by atoms with Crippen LogP contribution in [0.3, 0.4) is 0 Å². The van der Waals surface area contributed by atoms with Gasteiger partial charge in [-0.2, -0.15) is 0 Å². The molecule has 1 unspecified atom stereocenters. The summed E-state index contributed by atoms with van der Waals surface area (Å²) in [5.74, 6) is -2.38. The second-order valence-electron chi connectivity index (χ2n) is 6.44. The van der Waals surface area contributed by atoms with Gasteiger partial charge in [0, 0.05) is 33.7 Å². The molecule has 0 amide bonds. The zero-order valence-electron chi connectivity index (χ0n) is 18.5. The topological polar surface area (TPSA) is 181 Å². The molecule has 0 rings (SSSR count). The average Bonchev–Trinajstić information content (AvgIpc) is 2.58. The van der Waals surface area contributed by atoms with E-state index in [4.69, 9.17) is 41.2 Å². The predicted octanol–water partition coefficient (Wildman–Crippen LogP) is 2.39. The quantitative estimate of drug-likeness (QED) is 0.222. The second-order valence-corrected chi connectivity index (χ2v) is 6.44. The third-order valence-corrected chi connectivity index (χ3v) is 3.19. The number of carbonyl (C=O) groups excluding carboxylic acids is 1. The summed E-state index contributed by atoms with van der Waals surface area (Å²) < 4.78 is 0. The van der Waals surface area contributed by atoms with Crippen LogP contribution in [-0.4, -0.2) is 81.2 Å². The number of rotatable bonds is 12. The number of aliphatic carboxylic acids is 3. The molecule has 30 heavy (non-hydrogen) atoms. The molecule has 0 aliphatic rings. The van der Waals surface area contributed by atoms with Crippen LogP contribution < -0.4 is 11.5 Å². The van der Waals surface area contributed by atoms with E-state index in [2.05, 4.69) is 6.92 Å². The molecule has 0 heterocycles. The van der Waals surface area contributed by atoms with Gasteiger partial charge in [0.1, 0.15) is 0 Å². The van der Waals surface area contributed by atoms with E-state index in [0.717, 1.165) is 33.6 Å². The van der Waals surface area contributed by atoms with Crippen LogP contribution in [0.4, 0.5) is 0 Å². The Morgan fingerprint density at radius 3 is 1.23 bits per heavy atom. The van der Waals surface area contributed by atoms with E-state index in [9.17, 15) is 4.79 Å². The van der Waals surface area contributed by atoms with Crippen LogP contribution in [0, 0.1) is 0 Å². The first kappa shape index (κ1) is 39.5. The van der Waals surface area contributed by atoms with E-state index in [-0.39, 0.29) is 41.9 Å². The average molecular weight is 447 g/mol. The van der Waals surface area contributed by atoms with E-state index in [1.165, 1.54) is 44.9 Å². The van der Waals surface area contributed by atoms with Crippen LogP contribution in [0.5, 0.6) is 0 Å². The fourth-order valence-corrected chi connectivity index (χ4v) is 1.93. The number of Topliss-reactive ketones (excluding diaryl/α,β-unsaturated/α-hetero) is 1. The minimum absolute atomic E-state index is 0. The Hall–Kier alpha value is -1.000. The van der Waals surface area contributed by atoms with Gasteiger partial charge in [-0.25, -0.2) is 0 Å². The molecule has 0 aliphatic carbocycles. The van der Waals surface area contributed by atoms with Crippen molar-refractivity contribution in [3.05, 3.63) is 0 Å². The Bertz CT molecular complexity index is 381. The van der Waals surface area contributed by atoms with Crippen LogP contribution in [0.2, 0.25) is 0 Å². The summed E-state index contributed by atoms with van der Waals surface area (Å²) in [4.78, 5) is 38.4. The first-order valence-electron chi connectivity index (χ1n) is 9.99. The Balaban J connectivity index is -0.000000131. The molecule has 0 saturated carbocycles. The molecule has 0 saturated heterocycles. The molecule has 0 aromatic heterocycles. The zero-order chi connectivity index (χ0) is 23.7. The SMILES string of the molecule is CC(=O)O.CC(=O)O.CC(=O)O.CCCCCCCCCCCC(=O)C(N)CN.[NaH]. The van der Waals surface area contributed by atoms with Crippen LogP contribution >= 0.6 is 0 Å². The van der Waals surface area contributed by atoms with Crippen LogP contribution in [0.15, 0.2) is 0 Å². The van der Waals surface area contributed by atoms with Crippen LogP contribution in [0.25, 0.3) is 0 Å². The molecule has 0 bridgehead atoms. The van der Waals surface area contributed by atoms with Crippen molar-refractivity contribution in [3.8, 4) is 0 Å². The van der Waals surface area contributed by atoms with Crippen LogP contribution in [-0.2, 0) is 19.2 Å². The van der Waals surface area contributed by atoms with Crippen molar-refractivity contribution in [1.82, 2.24) is 0 Å². The number of carbonyl (C=O) groups is 4. The fourth-order valence-electron chi connectivity index (χ4n) is 1.93. The molecule has 0 fully saturated rings. The van der Waals surface area contributed by atoms with Gasteiger partial charge in [0.15, 0.2) is 5.78 Å². The van der Waals surface area contributed by atoms with Gasteiger partial charge in [0.25, 0.3) is 17.9 Å². The van der Waals surface area contributed by atoms with E-state index in [1.807, 2.05) is 0 Å². The van der Waals surface area contributed by atoms with Crippen molar-refractivity contribution in [1.29, 1.82) is 0 Å². The number of carboxylic acids is 3. The monoisotopic (exact) mass is 446 g/mol. The van der Waals surface area contributed by atoms with E-state index in [1.54, 1.807) is 0 Å².